The molecular formula is C17H32N2O. The molecule has 0 spiro atoms. The number of rotatable bonds is 4. The molecular weight excluding hydrogens is 248 g/mol. The molecule has 0 radical (unpaired) electrons. The number of hydrogen-bond acceptors (Lipinski definition) is 3. The van der Waals surface area contributed by atoms with Crippen LogP contribution in [-0.2, 0) is 4.74 Å². The van der Waals surface area contributed by atoms with Crippen LogP contribution in [0.3, 0.4) is 0 Å². The van der Waals surface area contributed by atoms with E-state index in [0.29, 0.717) is 6.10 Å². The van der Waals surface area contributed by atoms with E-state index in [1.807, 2.05) is 0 Å². The highest BCUT2D eigenvalue weighted by Gasteiger charge is 2.41. The predicted octanol–water partition coefficient (Wildman–Crippen LogP) is 2.94. The Balaban J connectivity index is 1.69. The highest BCUT2D eigenvalue weighted by Crippen LogP contribution is 2.34. The van der Waals surface area contributed by atoms with Crippen LogP contribution >= 0.6 is 0 Å². The average Bonchev–Trinajstić information content (AvgIpc) is 2.84. The van der Waals surface area contributed by atoms with E-state index in [-0.39, 0.29) is 0 Å². The first-order chi connectivity index (χ1) is 9.90. The fraction of sp³-hybridized carbons (Fsp3) is 1.00. The molecule has 2 saturated carbocycles. The molecule has 1 heterocycles. The Morgan fingerprint density at radius 2 is 1.85 bits per heavy atom. The quantitative estimate of drug-likeness (QED) is 0.801. The van der Waals surface area contributed by atoms with Crippen molar-refractivity contribution in [1.82, 2.24) is 10.2 Å². The van der Waals surface area contributed by atoms with Crippen LogP contribution in [0, 0.1) is 0 Å². The van der Waals surface area contributed by atoms with Gasteiger partial charge < -0.3 is 10.1 Å². The Kier molecular flexibility index (Phi) is 5.36. The summed E-state index contributed by atoms with van der Waals surface area (Å²) in [5.74, 6) is 0. The fourth-order valence-corrected chi connectivity index (χ4v) is 4.62. The van der Waals surface area contributed by atoms with E-state index in [9.17, 15) is 0 Å². The van der Waals surface area contributed by atoms with E-state index in [1.165, 1.54) is 64.3 Å². The molecule has 0 bridgehead atoms. The van der Waals surface area contributed by atoms with Crippen molar-refractivity contribution in [2.45, 2.75) is 88.9 Å². The lowest BCUT2D eigenvalue weighted by molar-refractivity contribution is -0.0778. The first-order valence-corrected chi connectivity index (χ1v) is 9.01. The lowest BCUT2D eigenvalue weighted by Gasteiger charge is -2.45. The van der Waals surface area contributed by atoms with Crippen LogP contribution in [0.2, 0.25) is 0 Å². The van der Waals surface area contributed by atoms with Crippen molar-refractivity contribution >= 4 is 0 Å². The molecule has 0 aromatic carbocycles. The summed E-state index contributed by atoms with van der Waals surface area (Å²) in [6.45, 7) is 5.58. The SMILES string of the molecule is CCCNC1CCCCCC1N1CCOC2CCCC21. The second kappa shape index (κ2) is 7.24. The molecule has 3 aliphatic rings. The zero-order valence-electron chi connectivity index (χ0n) is 13.2. The van der Waals surface area contributed by atoms with Crippen molar-refractivity contribution in [2.24, 2.45) is 0 Å². The minimum absolute atomic E-state index is 0.541. The van der Waals surface area contributed by atoms with Crippen molar-refractivity contribution in [3.63, 3.8) is 0 Å². The molecule has 0 aromatic rings. The van der Waals surface area contributed by atoms with Gasteiger partial charge in [-0.2, -0.15) is 0 Å². The van der Waals surface area contributed by atoms with Crippen molar-refractivity contribution in [3.8, 4) is 0 Å². The normalized spacial score (nSPS) is 39.5. The molecule has 0 aromatic heterocycles. The van der Waals surface area contributed by atoms with E-state index in [0.717, 1.165) is 31.3 Å². The molecule has 116 valence electrons. The van der Waals surface area contributed by atoms with Crippen LogP contribution in [0.25, 0.3) is 0 Å². The molecule has 1 saturated heterocycles. The molecule has 4 atom stereocenters. The number of fused-ring (bicyclic) bond motifs is 1. The predicted molar refractivity (Wildman–Crippen MR) is 83.0 cm³/mol. The van der Waals surface area contributed by atoms with Crippen molar-refractivity contribution in [1.29, 1.82) is 0 Å². The third-order valence-electron chi connectivity index (χ3n) is 5.59. The molecule has 20 heavy (non-hydrogen) atoms. The lowest BCUT2D eigenvalue weighted by atomic mass is 9.97. The second-order valence-corrected chi connectivity index (χ2v) is 6.91. The summed E-state index contributed by atoms with van der Waals surface area (Å²) < 4.78 is 6.01. The summed E-state index contributed by atoms with van der Waals surface area (Å²) in [6.07, 6.45) is 12.8. The van der Waals surface area contributed by atoms with Crippen LogP contribution in [0.5, 0.6) is 0 Å². The van der Waals surface area contributed by atoms with E-state index in [4.69, 9.17) is 4.74 Å². The van der Waals surface area contributed by atoms with Gasteiger partial charge in [-0.25, -0.2) is 0 Å². The Labute approximate surface area is 124 Å². The van der Waals surface area contributed by atoms with Gasteiger partial charge in [-0.15, -0.1) is 0 Å². The van der Waals surface area contributed by atoms with Crippen LogP contribution in [0.15, 0.2) is 0 Å². The maximum Gasteiger partial charge on any atom is 0.0731 e. The highest BCUT2D eigenvalue weighted by molar-refractivity contribution is 4.96. The summed E-state index contributed by atoms with van der Waals surface area (Å²) in [7, 11) is 0. The molecule has 1 aliphatic heterocycles. The minimum Gasteiger partial charge on any atom is -0.375 e. The third-order valence-corrected chi connectivity index (χ3v) is 5.59. The van der Waals surface area contributed by atoms with E-state index in [1.54, 1.807) is 0 Å². The smallest absolute Gasteiger partial charge is 0.0731 e. The van der Waals surface area contributed by atoms with Gasteiger partial charge in [0.1, 0.15) is 0 Å². The number of hydrogen-bond donors (Lipinski definition) is 1. The fourth-order valence-electron chi connectivity index (χ4n) is 4.62. The molecule has 3 nitrogen and oxygen atoms in total. The van der Waals surface area contributed by atoms with Gasteiger partial charge in [-0.1, -0.05) is 26.2 Å². The standard InChI is InChI=1S/C17H32N2O/c1-2-11-18-14-7-4-3-5-8-15(14)19-12-13-20-17-10-6-9-16(17)19/h14-18H,2-13H2,1H3. The topological polar surface area (TPSA) is 24.5 Å². The molecule has 3 fully saturated rings. The van der Waals surface area contributed by atoms with Gasteiger partial charge in [-0.3, -0.25) is 4.90 Å². The summed E-state index contributed by atoms with van der Waals surface area (Å²) in [5, 5.41) is 3.86. The Bertz CT molecular complexity index is 297. The van der Waals surface area contributed by atoms with Gasteiger partial charge in [-0.05, 0) is 45.1 Å². The second-order valence-electron chi connectivity index (χ2n) is 6.91. The molecule has 3 heteroatoms. The lowest BCUT2D eigenvalue weighted by Crippen LogP contribution is -2.58. The maximum absolute atomic E-state index is 6.01. The van der Waals surface area contributed by atoms with Gasteiger partial charge in [0.2, 0.25) is 0 Å². The zero-order chi connectivity index (χ0) is 13.8. The van der Waals surface area contributed by atoms with E-state index < -0.39 is 0 Å². The van der Waals surface area contributed by atoms with E-state index in [2.05, 4.69) is 17.1 Å². The largest absolute Gasteiger partial charge is 0.375 e. The summed E-state index contributed by atoms with van der Waals surface area (Å²) in [5.41, 5.74) is 0. The van der Waals surface area contributed by atoms with Crippen molar-refractivity contribution in [3.05, 3.63) is 0 Å². The summed E-state index contributed by atoms with van der Waals surface area (Å²) in [4.78, 5) is 2.85. The van der Waals surface area contributed by atoms with Gasteiger partial charge in [0.15, 0.2) is 0 Å². The van der Waals surface area contributed by atoms with E-state index >= 15 is 0 Å². The van der Waals surface area contributed by atoms with Crippen LogP contribution in [-0.4, -0.2) is 48.8 Å². The monoisotopic (exact) mass is 280 g/mol. The molecule has 0 amide bonds. The van der Waals surface area contributed by atoms with Crippen molar-refractivity contribution in [2.75, 3.05) is 19.7 Å². The number of nitrogens with one attached hydrogen (secondary N) is 1. The average molecular weight is 280 g/mol. The van der Waals surface area contributed by atoms with Gasteiger partial charge >= 0.3 is 0 Å². The zero-order valence-corrected chi connectivity index (χ0v) is 13.2. The Hall–Kier alpha value is -0.120. The number of nitrogens with zero attached hydrogens (tertiary/aromatic N) is 1. The summed E-state index contributed by atoms with van der Waals surface area (Å²) in [6, 6.07) is 2.20. The van der Waals surface area contributed by atoms with Gasteiger partial charge in [0, 0.05) is 24.7 Å². The van der Waals surface area contributed by atoms with Crippen LogP contribution < -0.4 is 5.32 Å². The van der Waals surface area contributed by atoms with Gasteiger partial charge in [0.25, 0.3) is 0 Å². The third kappa shape index (κ3) is 3.20. The first kappa shape index (κ1) is 14.8. The van der Waals surface area contributed by atoms with Crippen molar-refractivity contribution < 1.29 is 4.74 Å². The first-order valence-electron chi connectivity index (χ1n) is 9.01. The van der Waals surface area contributed by atoms with Crippen LogP contribution in [0.4, 0.5) is 0 Å². The minimum atomic E-state index is 0.541. The van der Waals surface area contributed by atoms with Crippen LogP contribution in [0.1, 0.15) is 64.7 Å². The number of morpholine rings is 1. The number of ether oxygens (including phenoxy) is 1. The highest BCUT2D eigenvalue weighted by atomic mass is 16.5. The molecule has 4 unspecified atom stereocenters. The molecule has 1 N–H and O–H groups in total. The maximum atomic E-state index is 6.01. The molecule has 2 aliphatic carbocycles. The Morgan fingerprint density at radius 3 is 2.75 bits per heavy atom. The Morgan fingerprint density at radius 1 is 1.00 bits per heavy atom. The summed E-state index contributed by atoms with van der Waals surface area (Å²) >= 11 is 0. The van der Waals surface area contributed by atoms with Gasteiger partial charge in [0.05, 0.1) is 12.7 Å². The molecule has 3 rings (SSSR count).